The first-order valence-electron chi connectivity index (χ1n) is 6.79. The minimum atomic E-state index is 0.771. The summed E-state index contributed by atoms with van der Waals surface area (Å²) in [4.78, 5) is 2.49. The molecule has 4 nitrogen and oxygen atoms in total. The zero-order chi connectivity index (χ0) is 12.1. The molecule has 2 aliphatic rings. The Bertz CT molecular complexity index is 217. The van der Waals surface area contributed by atoms with Crippen molar-refractivity contribution in [2.24, 2.45) is 5.92 Å². The Morgan fingerprint density at radius 2 is 1.82 bits per heavy atom. The van der Waals surface area contributed by atoms with Crippen molar-refractivity contribution in [1.29, 1.82) is 0 Å². The van der Waals surface area contributed by atoms with Gasteiger partial charge in [0.25, 0.3) is 0 Å². The van der Waals surface area contributed by atoms with Crippen LogP contribution in [0.4, 0.5) is 0 Å². The molecule has 0 aromatic carbocycles. The number of fused-ring (bicyclic) bond motifs is 2. The molecule has 2 heterocycles. The monoisotopic (exact) mass is 242 g/mol. The number of methoxy groups -OCH3 is 2. The van der Waals surface area contributed by atoms with E-state index >= 15 is 0 Å². The van der Waals surface area contributed by atoms with Crippen molar-refractivity contribution in [3.63, 3.8) is 0 Å². The quantitative estimate of drug-likeness (QED) is 0.680. The van der Waals surface area contributed by atoms with E-state index in [4.69, 9.17) is 9.47 Å². The predicted molar refractivity (Wildman–Crippen MR) is 68.2 cm³/mol. The highest BCUT2D eigenvalue weighted by atomic mass is 16.5. The molecule has 17 heavy (non-hydrogen) atoms. The van der Waals surface area contributed by atoms with E-state index < -0.39 is 0 Å². The number of hydrogen-bond acceptors (Lipinski definition) is 4. The van der Waals surface area contributed by atoms with Crippen LogP contribution >= 0.6 is 0 Å². The SMILES string of the molecule is COCCN(CCOC)CC1CC2CCC1N2. The molecule has 0 spiro atoms. The second-order valence-corrected chi connectivity index (χ2v) is 5.33. The fourth-order valence-electron chi connectivity index (χ4n) is 3.21. The van der Waals surface area contributed by atoms with Crippen molar-refractivity contribution >= 4 is 0 Å². The van der Waals surface area contributed by atoms with Gasteiger partial charge in [-0.3, -0.25) is 4.90 Å². The first-order valence-corrected chi connectivity index (χ1v) is 6.79. The third-order valence-corrected chi connectivity index (χ3v) is 4.15. The van der Waals surface area contributed by atoms with E-state index in [2.05, 4.69) is 10.2 Å². The maximum Gasteiger partial charge on any atom is 0.0589 e. The smallest absolute Gasteiger partial charge is 0.0589 e. The van der Waals surface area contributed by atoms with Gasteiger partial charge in [-0.05, 0) is 25.2 Å². The van der Waals surface area contributed by atoms with Crippen molar-refractivity contribution in [1.82, 2.24) is 10.2 Å². The molecule has 2 rings (SSSR count). The van der Waals surface area contributed by atoms with Gasteiger partial charge < -0.3 is 14.8 Å². The van der Waals surface area contributed by atoms with Gasteiger partial charge in [0.1, 0.15) is 0 Å². The Labute approximate surface area is 105 Å². The van der Waals surface area contributed by atoms with E-state index in [-0.39, 0.29) is 0 Å². The summed E-state index contributed by atoms with van der Waals surface area (Å²) in [6, 6.07) is 1.57. The molecular formula is C13H26N2O2. The number of rotatable bonds is 8. The van der Waals surface area contributed by atoms with Crippen LogP contribution in [0.25, 0.3) is 0 Å². The van der Waals surface area contributed by atoms with Crippen LogP contribution in [0.5, 0.6) is 0 Å². The second kappa shape index (κ2) is 6.69. The van der Waals surface area contributed by atoms with Crippen LogP contribution in [-0.4, -0.2) is 64.1 Å². The van der Waals surface area contributed by atoms with Gasteiger partial charge in [-0.2, -0.15) is 0 Å². The van der Waals surface area contributed by atoms with Crippen molar-refractivity contribution in [2.75, 3.05) is 47.1 Å². The molecule has 1 N–H and O–H groups in total. The molecule has 2 saturated heterocycles. The van der Waals surface area contributed by atoms with Crippen LogP contribution < -0.4 is 5.32 Å². The van der Waals surface area contributed by atoms with Gasteiger partial charge >= 0.3 is 0 Å². The van der Waals surface area contributed by atoms with Crippen molar-refractivity contribution in [2.45, 2.75) is 31.3 Å². The third kappa shape index (κ3) is 3.65. The lowest BCUT2D eigenvalue weighted by Gasteiger charge is -2.28. The number of nitrogens with zero attached hydrogens (tertiary/aromatic N) is 1. The van der Waals surface area contributed by atoms with Crippen LogP contribution in [0.15, 0.2) is 0 Å². The summed E-state index contributed by atoms with van der Waals surface area (Å²) < 4.78 is 10.4. The summed E-state index contributed by atoms with van der Waals surface area (Å²) in [6.45, 7) is 4.87. The Kier molecular flexibility index (Phi) is 5.22. The molecule has 100 valence electrons. The van der Waals surface area contributed by atoms with Crippen LogP contribution in [0.1, 0.15) is 19.3 Å². The van der Waals surface area contributed by atoms with E-state index in [1.165, 1.54) is 25.8 Å². The zero-order valence-electron chi connectivity index (χ0n) is 11.2. The normalized spacial score (nSPS) is 31.6. The van der Waals surface area contributed by atoms with E-state index in [9.17, 15) is 0 Å². The summed E-state index contributed by atoms with van der Waals surface area (Å²) in [5.41, 5.74) is 0. The standard InChI is InChI=1S/C13H26N2O2/c1-16-7-5-15(6-8-17-2)10-11-9-12-3-4-13(11)14-12/h11-14H,3-10H2,1-2H3. The highest BCUT2D eigenvalue weighted by Crippen LogP contribution is 2.33. The highest BCUT2D eigenvalue weighted by Gasteiger charge is 2.39. The largest absolute Gasteiger partial charge is 0.383 e. The topological polar surface area (TPSA) is 33.7 Å². The fourth-order valence-corrected chi connectivity index (χ4v) is 3.21. The van der Waals surface area contributed by atoms with Gasteiger partial charge in [-0.1, -0.05) is 0 Å². The van der Waals surface area contributed by atoms with Crippen LogP contribution in [-0.2, 0) is 9.47 Å². The van der Waals surface area contributed by atoms with Gasteiger partial charge in [0.05, 0.1) is 13.2 Å². The molecule has 4 heteroatoms. The lowest BCUT2D eigenvalue weighted by atomic mass is 9.89. The summed E-state index contributed by atoms with van der Waals surface area (Å²) >= 11 is 0. The summed E-state index contributed by atoms with van der Waals surface area (Å²) in [7, 11) is 3.54. The molecule has 0 aromatic rings. The summed E-state index contributed by atoms with van der Waals surface area (Å²) in [6.07, 6.45) is 4.12. The van der Waals surface area contributed by atoms with E-state index in [0.29, 0.717) is 0 Å². The van der Waals surface area contributed by atoms with Crippen molar-refractivity contribution < 1.29 is 9.47 Å². The van der Waals surface area contributed by atoms with E-state index in [1.54, 1.807) is 14.2 Å². The molecule has 0 aromatic heterocycles. The van der Waals surface area contributed by atoms with Crippen LogP contribution in [0.3, 0.4) is 0 Å². The molecular weight excluding hydrogens is 216 g/mol. The van der Waals surface area contributed by atoms with Crippen molar-refractivity contribution in [3.05, 3.63) is 0 Å². The number of hydrogen-bond donors (Lipinski definition) is 1. The third-order valence-electron chi connectivity index (χ3n) is 4.15. The molecule has 2 fully saturated rings. The molecule has 0 saturated carbocycles. The molecule has 3 atom stereocenters. The number of ether oxygens (including phenoxy) is 2. The summed E-state index contributed by atoms with van der Waals surface area (Å²) in [5.74, 6) is 0.836. The second-order valence-electron chi connectivity index (χ2n) is 5.33. The Balaban J connectivity index is 1.75. The Morgan fingerprint density at radius 1 is 1.12 bits per heavy atom. The maximum atomic E-state index is 5.18. The number of nitrogens with one attached hydrogen (secondary N) is 1. The van der Waals surface area contributed by atoms with Gasteiger partial charge in [0.15, 0.2) is 0 Å². The molecule has 2 bridgehead atoms. The maximum absolute atomic E-state index is 5.18. The minimum absolute atomic E-state index is 0.771. The molecule has 3 unspecified atom stereocenters. The molecule has 0 radical (unpaired) electrons. The fraction of sp³-hybridized carbons (Fsp3) is 1.00. The Hall–Kier alpha value is -0.160. The van der Waals surface area contributed by atoms with Gasteiger partial charge in [0, 0.05) is 45.9 Å². The van der Waals surface area contributed by atoms with E-state index in [1.807, 2.05) is 0 Å². The Morgan fingerprint density at radius 3 is 2.29 bits per heavy atom. The highest BCUT2D eigenvalue weighted by molar-refractivity contribution is 4.98. The first kappa shape index (κ1) is 13.3. The van der Waals surface area contributed by atoms with Gasteiger partial charge in [0.2, 0.25) is 0 Å². The van der Waals surface area contributed by atoms with Gasteiger partial charge in [-0.15, -0.1) is 0 Å². The van der Waals surface area contributed by atoms with Crippen LogP contribution in [0, 0.1) is 5.92 Å². The van der Waals surface area contributed by atoms with Crippen LogP contribution in [0.2, 0.25) is 0 Å². The van der Waals surface area contributed by atoms with E-state index in [0.717, 1.165) is 44.3 Å². The average molecular weight is 242 g/mol. The lowest BCUT2D eigenvalue weighted by molar-refractivity contribution is 0.100. The molecule has 0 aliphatic carbocycles. The predicted octanol–water partition coefficient (Wildman–Crippen LogP) is 0.722. The van der Waals surface area contributed by atoms with Crippen molar-refractivity contribution in [3.8, 4) is 0 Å². The summed E-state index contributed by atoms with van der Waals surface area (Å²) in [5, 5.41) is 3.71. The average Bonchev–Trinajstić information content (AvgIpc) is 2.94. The zero-order valence-corrected chi connectivity index (χ0v) is 11.2. The lowest BCUT2D eigenvalue weighted by Crippen LogP contribution is -2.38. The van der Waals surface area contributed by atoms with Gasteiger partial charge in [-0.25, -0.2) is 0 Å². The molecule has 2 aliphatic heterocycles. The minimum Gasteiger partial charge on any atom is -0.383 e. The molecule has 0 amide bonds. The first-order chi connectivity index (χ1) is 8.33.